The summed E-state index contributed by atoms with van der Waals surface area (Å²) in [7, 11) is 0. The molecule has 0 saturated carbocycles. The van der Waals surface area contributed by atoms with E-state index >= 15 is 0 Å². The third-order valence-electron chi connectivity index (χ3n) is 2.78. The van der Waals surface area contributed by atoms with Gasteiger partial charge in [-0.1, -0.05) is 13.3 Å². The summed E-state index contributed by atoms with van der Waals surface area (Å²) in [4.78, 5) is 12.5. The summed E-state index contributed by atoms with van der Waals surface area (Å²) in [6.07, 6.45) is 5.25. The molecule has 1 N–H and O–H groups in total. The second-order valence-electron chi connectivity index (χ2n) is 4.07. The van der Waals surface area contributed by atoms with Crippen molar-refractivity contribution in [2.45, 2.75) is 26.2 Å². The van der Waals surface area contributed by atoms with Crippen LogP contribution in [-0.2, 0) is 6.42 Å². The summed E-state index contributed by atoms with van der Waals surface area (Å²) in [6, 6.07) is 2.04. The first-order chi connectivity index (χ1) is 8.28. The van der Waals surface area contributed by atoms with Gasteiger partial charge in [0.15, 0.2) is 0 Å². The molecular formula is C12H12BrN3S. The van der Waals surface area contributed by atoms with E-state index in [0.29, 0.717) is 0 Å². The van der Waals surface area contributed by atoms with Crippen LogP contribution in [0.5, 0.6) is 0 Å². The van der Waals surface area contributed by atoms with Gasteiger partial charge < -0.3 is 4.98 Å². The molecule has 3 aromatic heterocycles. The third-order valence-corrected chi connectivity index (χ3v) is 4.41. The van der Waals surface area contributed by atoms with Gasteiger partial charge in [0.05, 0.1) is 25.7 Å². The Balaban J connectivity index is 2.16. The molecule has 0 aliphatic heterocycles. The van der Waals surface area contributed by atoms with Gasteiger partial charge in [-0.15, -0.1) is 11.3 Å². The molecule has 0 saturated heterocycles. The van der Waals surface area contributed by atoms with E-state index in [1.54, 1.807) is 11.3 Å². The lowest BCUT2D eigenvalue weighted by atomic mass is 10.2. The van der Waals surface area contributed by atoms with Crippen molar-refractivity contribution in [2.75, 3.05) is 0 Å². The highest BCUT2D eigenvalue weighted by atomic mass is 79.9. The number of aromatic amines is 1. The van der Waals surface area contributed by atoms with Gasteiger partial charge in [0.1, 0.15) is 11.3 Å². The Morgan fingerprint density at radius 3 is 3.18 bits per heavy atom. The maximum absolute atomic E-state index is 4.69. The number of H-pyrrole nitrogens is 1. The van der Waals surface area contributed by atoms with Crippen molar-refractivity contribution >= 4 is 48.5 Å². The molecule has 0 spiro atoms. The minimum atomic E-state index is 1.01. The predicted octanol–water partition coefficient (Wildman–Crippen LogP) is 4.28. The maximum atomic E-state index is 4.69. The first-order valence-corrected chi connectivity index (χ1v) is 7.31. The lowest BCUT2D eigenvalue weighted by Gasteiger charge is -1.90. The zero-order chi connectivity index (χ0) is 11.8. The number of rotatable bonds is 3. The molecule has 0 fully saturated rings. The summed E-state index contributed by atoms with van der Waals surface area (Å²) in [5.41, 5.74) is 3.11. The number of halogens is 1. The average Bonchev–Trinajstić information content (AvgIpc) is 2.87. The summed E-state index contributed by atoms with van der Waals surface area (Å²) in [5, 5.41) is 0. The highest BCUT2D eigenvalue weighted by molar-refractivity contribution is 9.11. The van der Waals surface area contributed by atoms with Gasteiger partial charge in [0, 0.05) is 6.42 Å². The zero-order valence-electron chi connectivity index (χ0n) is 9.46. The lowest BCUT2D eigenvalue weighted by Crippen LogP contribution is -1.86. The van der Waals surface area contributed by atoms with Crippen LogP contribution in [0.2, 0.25) is 0 Å². The Kier molecular flexibility index (Phi) is 2.88. The van der Waals surface area contributed by atoms with E-state index in [4.69, 9.17) is 0 Å². The summed E-state index contributed by atoms with van der Waals surface area (Å²) < 4.78 is 2.26. The molecule has 5 heteroatoms. The SMILES string of the molecule is CCCCc1nc2c(cnc3cc(Br)sc32)[nH]1. The summed E-state index contributed by atoms with van der Waals surface area (Å²) in [6.45, 7) is 2.19. The van der Waals surface area contributed by atoms with Crippen LogP contribution < -0.4 is 0 Å². The Labute approximate surface area is 111 Å². The van der Waals surface area contributed by atoms with Crippen molar-refractivity contribution in [2.24, 2.45) is 0 Å². The fourth-order valence-electron chi connectivity index (χ4n) is 1.92. The number of hydrogen-bond acceptors (Lipinski definition) is 3. The molecule has 3 heterocycles. The third kappa shape index (κ3) is 1.98. The van der Waals surface area contributed by atoms with Crippen LogP contribution in [0.15, 0.2) is 16.0 Å². The Hall–Kier alpha value is -0.940. The number of nitrogens with zero attached hydrogens (tertiary/aromatic N) is 2. The van der Waals surface area contributed by atoms with Gasteiger partial charge in [-0.05, 0) is 28.4 Å². The van der Waals surface area contributed by atoms with Gasteiger partial charge in [0.2, 0.25) is 0 Å². The molecule has 17 heavy (non-hydrogen) atoms. The zero-order valence-corrected chi connectivity index (χ0v) is 11.9. The van der Waals surface area contributed by atoms with Crippen LogP contribution in [0.1, 0.15) is 25.6 Å². The van der Waals surface area contributed by atoms with Crippen LogP contribution in [0.4, 0.5) is 0 Å². The van der Waals surface area contributed by atoms with Crippen LogP contribution >= 0.6 is 27.3 Å². The van der Waals surface area contributed by atoms with E-state index in [-0.39, 0.29) is 0 Å². The van der Waals surface area contributed by atoms with Gasteiger partial charge in [0.25, 0.3) is 0 Å². The molecule has 3 nitrogen and oxygen atoms in total. The van der Waals surface area contributed by atoms with Crippen molar-refractivity contribution in [1.82, 2.24) is 15.0 Å². The molecular weight excluding hydrogens is 298 g/mol. The quantitative estimate of drug-likeness (QED) is 0.784. The predicted molar refractivity (Wildman–Crippen MR) is 75.6 cm³/mol. The number of fused-ring (bicyclic) bond motifs is 3. The number of unbranched alkanes of at least 4 members (excludes halogenated alkanes) is 1. The van der Waals surface area contributed by atoms with Gasteiger partial charge >= 0.3 is 0 Å². The van der Waals surface area contributed by atoms with Gasteiger partial charge in [-0.25, -0.2) is 4.98 Å². The first kappa shape index (κ1) is 11.2. The Morgan fingerprint density at radius 2 is 2.35 bits per heavy atom. The normalized spacial score (nSPS) is 11.6. The van der Waals surface area contributed by atoms with Crippen LogP contribution in [0, 0.1) is 0 Å². The summed E-state index contributed by atoms with van der Waals surface area (Å²) >= 11 is 5.19. The van der Waals surface area contributed by atoms with E-state index in [9.17, 15) is 0 Å². The number of aryl methyl sites for hydroxylation is 1. The number of pyridine rings is 1. The van der Waals surface area contributed by atoms with E-state index in [1.807, 2.05) is 12.3 Å². The fourth-order valence-corrected chi connectivity index (χ4v) is 3.46. The van der Waals surface area contributed by atoms with Crippen molar-refractivity contribution in [3.05, 3.63) is 21.9 Å². The minimum Gasteiger partial charge on any atom is -0.341 e. The number of nitrogens with one attached hydrogen (secondary N) is 1. The molecule has 3 aromatic rings. The van der Waals surface area contributed by atoms with E-state index < -0.39 is 0 Å². The summed E-state index contributed by atoms with van der Waals surface area (Å²) in [5.74, 6) is 1.07. The maximum Gasteiger partial charge on any atom is 0.110 e. The van der Waals surface area contributed by atoms with Crippen molar-refractivity contribution in [1.29, 1.82) is 0 Å². The molecule has 0 aliphatic rings. The van der Waals surface area contributed by atoms with Crippen molar-refractivity contribution in [3.8, 4) is 0 Å². The van der Waals surface area contributed by atoms with Crippen LogP contribution in [0.3, 0.4) is 0 Å². The van der Waals surface area contributed by atoms with Gasteiger partial charge in [-0.2, -0.15) is 0 Å². The average molecular weight is 310 g/mol. The molecule has 0 aliphatic carbocycles. The minimum absolute atomic E-state index is 1.01. The molecule has 0 radical (unpaired) electrons. The number of thiophene rings is 1. The van der Waals surface area contributed by atoms with Crippen molar-refractivity contribution < 1.29 is 0 Å². The monoisotopic (exact) mass is 309 g/mol. The largest absolute Gasteiger partial charge is 0.341 e. The Bertz CT molecular complexity index is 671. The van der Waals surface area contributed by atoms with Crippen molar-refractivity contribution in [3.63, 3.8) is 0 Å². The second kappa shape index (κ2) is 4.38. The second-order valence-corrected chi connectivity index (χ2v) is 6.50. The number of aromatic nitrogens is 3. The molecule has 0 aromatic carbocycles. The molecule has 0 amide bonds. The smallest absolute Gasteiger partial charge is 0.110 e. The standard InChI is InChI=1S/C12H12BrN3S/c1-2-3-4-10-15-8-6-14-7-5-9(13)17-12(7)11(8)16-10/h5-6H,2-4H2,1H3,(H,15,16). The molecule has 0 atom stereocenters. The molecule has 88 valence electrons. The number of hydrogen-bond donors (Lipinski definition) is 1. The van der Waals surface area contributed by atoms with Gasteiger partial charge in [-0.3, -0.25) is 4.98 Å². The van der Waals surface area contributed by atoms with E-state index in [2.05, 4.69) is 37.8 Å². The first-order valence-electron chi connectivity index (χ1n) is 5.70. The van der Waals surface area contributed by atoms with Crippen LogP contribution in [-0.4, -0.2) is 15.0 Å². The molecule has 3 rings (SSSR count). The highest BCUT2D eigenvalue weighted by Gasteiger charge is 2.10. The van der Waals surface area contributed by atoms with E-state index in [0.717, 1.165) is 37.3 Å². The topological polar surface area (TPSA) is 41.6 Å². The highest BCUT2D eigenvalue weighted by Crippen LogP contribution is 2.32. The molecule has 0 unspecified atom stereocenters. The Morgan fingerprint density at radius 1 is 1.47 bits per heavy atom. The fraction of sp³-hybridized carbons (Fsp3) is 0.333. The number of imidazole rings is 1. The van der Waals surface area contributed by atoms with Crippen LogP contribution in [0.25, 0.3) is 21.3 Å². The molecule has 0 bridgehead atoms. The lowest BCUT2D eigenvalue weighted by molar-refractivity contribution is 0.765. The van der Waals surface area contributed by atoms with E-state index in [1.165, 1.54) is 12.8 Å².